The van der Waals surface area contributed by atoms with Gasteiger partial charge in [0.05, 0.1) is 5.54 Å². The molecular weight excluding hydrogens is 509 g/mol. The van der Waals surface area contributed by atoms with E-state index >= 15 is 0 Å². The highest BCUT2D eigenvalue weighted by atomic mass is 127. The minimum Gasteiger partial charge on any atom is -0.444 e. The van der Waals surface area contributed by atoms with Crippen molar-refractivity contribution in [2.24, 2.45) is 10.9 Å². The molecule has 0 saturated carbocycles. The lowest BCUT2D eigenvalue weighted by atomic mass is 9.93. The van der Waals surface area contributed by atoms with Gasteiger partial charge in [-0.2, -0.15) is 0 Å². The highest BCUT2D eigenvalue weighted by Crippen LogP contribution is 2.17. The van der Waals surface area contributed by atoms with Gasteiger partial charge in [-0.25, -0.2) is 4.79 Å². The molecule has 1 saturated heterocycles. The van der Waals surface area contributed by atoms with Crippen LogP contribution in [-0.2, 0) is 9.53 Å². The predicted octanol–water partition coefficient (Wildman–Crippen LogP) is 3.50. The van der Waals surface area contributed by atoms with Gasteiger partial charge >= 0.3 is 6.09 Å². The van der Waals surface area contributed by atoms with Crippen molar-refractivity contribution in [1.82, 2.24) is 20.9 Å². The fraction of sp³-hybridized carbons (Fsp3) is 0.864. The van der Waals surface area contributed by atoms with Crippen LogP contribution in [0.4, 0.5) is 4.79 Å². The number of nitrogens with one attached hydrogen (secondary N) is 3. The molecule has 1 rings (SSSR count). The fourth-order valence-corrected chi connectivity index (χ4v) is 3.49. The maximum Gasteiger partial charge on any atom is 0.408 e. The number of piperidine rings is 1. The van der Waals surface area contributed by atoms with Crippen LogP contribution in [0, 0.1) is 5.92 Å². The van der Waals surface area contributed by atoms with Gasteiger partial charge in [-0.3, -0.25) is 9.79 Å². The number of likely N-dealkylation sites (tertiary alicyclic amines) is 1. The molecule has 3 N–H and O–H groups in total. The van der Waals surface area contributed by atoms with Crippen molar-refractivity contribution in [3.8, 4) is 0 Å². The summed E-state index contributed by atoms with van der Waals surface area (Å²) in [5.74, 6) is 0.971. The molecule has 0 aromatic heterocycles. The molecule has 0 atom stereocenters. The Bertz CT molecular complexity index is 592. The maximum atomic E-state index is 12.3. The Hall–Kier alpha value is -1.26. The summed E-state index contributed by atoms with van der Waals surface area (Å²) in [6, 6.07) is 0.267. The summed E-state index contributed by atoms with van der Waals surface area (Å²) in [4.78, 5) is 30.8. The number of guanidine groups is 1. The molecule has 182 valence electrons. The van der Waals surface area contributed by atoms with Crippen LogP contribution in [0.1, 0.15) is 74.1 Å². The Balaban J connectivity index is 0.00000900. The summed E-state index contributed by atoms with van der Waals surface area (Å²) in [5.41, 5.74) is -0.957. The smallest absolute Gasteiger partial charge is 0.408 e. The molecule has 0 bridgehead atoms. The average Bonchev–Trinajstić information content (AvgIpc) is 2.68. The number of ether oxygens (including phenoxy) is 1. The second kappa shape index (κ2) is 13.3. The standard InChI is InChI=1S/C22H43N5O3.HI/c1-9-22(10-2,26-20(29)30-21(5,6)7)15-24-19(23-8)25-17-11-13-27(14-12-17)18(28)16(3)4;/h16-17H,9-15H2,1-8H3,(H,26,29)(H2,23,24,25);1H. The van der Waals surface area contributed by atoms with Crippen LogP contribution in [-0.4, -0.2) is 66.7 Å². The molecule has 2 amide bonds. The third-order valence-corrected chi connectivity index (χ3v) is 5.58. The summed E-state index contributed by atoms with van der Waals surface area (Å²) in [6.07, 6.45) is 2.91. The summed E-state index contributed by atoms with van der Waals surface area (Å²) in [5, 5.41) is 9.88. The fourth-order valence-electron chi connectivity index (χ4n) is 3.49. The van der Waals surface area contributed by atoms with Crippen molar-refractivity contribution in [2.75, 3.05) is 26.7 Å². The molecule has 1 heterocycles. The zero-order chi connectivity index (χ0) is 22.9. The van der Waals surface area contributed by atoms with E-state index in [-0.39, 0.29) is 41.8 Å². The Kier molecular flexibility index (Phi) is 12.8. The topological polar surface area (TPSA) is 95.1 Å². The zero-order valence-electron chi connectivity index (χ0n) is 20.6. The summed E-state index contributed by atoms with van der Waals surface area (Å²) >= 11 is 0. The van der Waals surface area contributed by atoms with Gasteiger partial charge in [0.25, 0.3) is 0 Å². The quantitative estimate of drug-likeness (QED) is 0.255. The summed E-state index contributed by atoms with van der Waals surface area (Å²) in [7, 11) is 1.74. The molecule has 31 heavy (non-hydrogen) atoms. The van der Waals surface area contributed by atoms with Gasteiger partial charge in [0.2, 0.25) is 5.91 Å². The first-order chi connectivity index (χ1) is 13.9. The number of nitrogens with zero attached hydrogens (tertiary/aromatic N) is 2. The van der Waals surface area contributed by atoms with Gasteiger partial charge in [0.1, 0.15) is 5.60 Å². The molecule has 1 aliphatic rings. The van der Waals surface area contributed by atoms with Gasteiger partial charge in [0.15, 0.2) is 5.96 Å². The molecule has 8 nitrogen and oxygen atoms in total. The normalized spacial score (nSPS) is 15.9. The lowest BCUT2D eigenvalue weighted by Crippen LogP contribution is -2.58. The monoisotopic (exact) mass is 553 g/mol. The van der Waals surface area contributed by atoms with Crippen LogP contribution in [0.25, 0.3) is 0 Å². The van der Waals surface area contributed by atoms with Crippen LogP contribution >= 0.6 is 24.0 Å². The number of hydrogen-bond donors (Lipinski definition) is 3. The first-order valence-electron chi connectivity index (χ1n) is 11.2. The average molecular weight is 554 g/mol. The molecule has 0 unspecified atom stereocenters. The van der Waals surface area contributed by atoms with E-state index in [0.29, 0.717) is 12.5 Å². The number of rotatable bonds is 7. The van der Waals surface area contributed by atoms with E-state index in [0.717, 1.165) is 38.8 Å². The Morgan fingerprint density at radius 2 is 1.68 bits per heavy atom. The number of carbonyl (C=O) groups excluding carboxylic acids is 2. The van der Waals surface area contributed by atoms with E-state index in [1.54, 1.807) is 7.05 Å². The number of alkyl carbamates (subject to hydrolysis) is 1. The summed E-state index contributed by atoms with van der Waals surface area (Å²) < 4.78 is 5.44. The second-order valence-corrected chi connectivity index (χ2v) is 9.44. The van der Waals surface area contributed by atoms with Gasteiger partial charge in [-0.15, -0.1) is 24.0 Å². The van der Waals surface area contributed by atoms with Gasteiger partial charge < -0.3 is 25.6 Å². The number of amides is 2. The third kappa shape index (κ3) is 10.3. The van der Waals surface area contributed by atoms with Crippen LogP contribution < -0.4 is 16.0 Å². The highest BCUT2D eigenvalue weighted by Gasteiger charge is 2.31. The van der Waals surface area contributed by atoms with Crippen molar-refractivity contribution in [3.05, 3.63) is 0 Å². The minimum atomic E-state index is -0.534. The first kappa shape index (κ1) is 29.7. The SMILES string of the molecule is CCC(CC)(CNC(=NC)NC1CCN(C(=O)C(C)C)CC1)NC(=O)OC(C)(C)C.I. The van der Waals surface area contributed by atoms with E-state index in [2.05, 4.69) is 34.8 Å². The molecule has 0 aromatic carbocycles. The Morgan fingerprint density at radius 3 is 2.10 bits per heavy atom. The first-order valence-corrected chi connectivity index (χ1v) is 11.2. The molecule has 1 aliphatic heterocycles. The van der Waals surface area contributed by atoms with E-state index in [9.17, 15) is 9.59 Å². The lowest BCUT2D eigenvalue weighted by molar-refractivity contribution is -0.135. The van der Waals surface area contributed by atoms with Gasteiger partial charge in [0, 0.05) is 38.6 Å². The molecule has 1 fully saturated rings. The largest absolute Gasteiger partial charge is 0.444 e. The van der Waals surface area contributed by atoms with E-state index in [4.69, 9.17) is 4.74 Å². The minimum absolute atomic E-state index is 0. The third-order valence-electron chi connectivity index (χ3n) is 5.58. The maximum absolute atomic E-state index is 12.3. The number of halogens is 1. The van der Waals surface area contributed by atoms with Crippen molar-refractivity contribution in [2.45, 2.75) is 91.3 Å². The van der Waals surface area contributed by atoms with Crippen LogP contribution in [0.2, 0.25) is 0 Å². The van der Waals surface area contributed by atoms with Gasteiger partial charge in [-0.1, -0.05) is 27.7 Å². The zero-order valence-corrected chi connectivity index (χ0v) is 23.0. The second-order valence-electron chi connectivity index (χ2n) is 9.44. The molecule has 0 aromatic rings. The van der Waals surface area contributed by atoms with E-state index in [1.807, 2.05) is 39.5 Å². The highest BCUT2D eigenvalue weighted by molar-refractivity contribution is 14.0. The molecule has 0 radical (unpaired) electrons. The predicted molar refractivity (Wildman–Crippen MR) is 137 cm³/mol. The van der Waals surface area contributed by atoms with Crippen molar-refractivity contribution in [1.29, 1.82) is 0 Å². The molecule has 0 spiro atoms. The van der Waals surface area contributed by atoms with E-state index in [1.165, 1.54) is 0 Å². The van der Waals surface area contributed by atoms with Gasteiger partial charge in [-0.05, 0) is 46.5 Å². The van der Waals surface area contributed by atoms with Crippen LogP contribution in [0.5, 0.6) is 0 Å². The van der Waals surface area contributed by atoms with E-state index < -0.39 is 17.2 Å². The van der Waals surface area contributed by atoms with Crippen LogP contribution in [0.15, 0.2) is 4.99 Å². The lowest BCUT2D eigenvalue weighted by Gasteiger charge is -2.36. The molecular formula is C22H44IN5O3. The van der Waals surface area contributed by atoms with Crippen LogP contribution in [0.3, 0.4) is 0 Å². The molecule has 0 aliphatic carbocycles. The number of aliphatic imine (C=N–C) groups is 1. The van der Waals surface area contributed by atoms with Crippen molar-refractivity contribution < 1.29 is 14.3 Å². The van der Waals surface area contributed by atoms with Crippen molar-refractivity contribution >= 4 is 41.9 Å². The Morgan fingerprint density at radius 1 is 1.13 bits per heavy atom. The number of hydrogen-bond acceptors (Lipinski definition) is 4. The molecule has 9 heteroatoms. The number of carbonyl (C=O) groups is 2. The van der Waals surface area contributed by atoms with Crippen molar-refractivity contribution in [3.63, 3.8) is 0 Å². The summed E-state index contributed by atoms with van der Waals surface area (Å²) in [6.45, 7) is 15.6. The Labute approximate surface area is 205 Å².